The molecule has 1 aliphatic rings. The molecule has 0 spiro atoms. The van der Waals surface area contributed by atoms with Crippen molar-refractivity contribution < 1.29 is 4.79 Å². The second kappa shape index (κ2) is 2.58. The summed E-state index contributed by atoms with van der Waals surface area (Å²) < 4.78 is 0. The van der Waals surface area contributed by atoms with Gasteiger partial charge in [-0.2, -0.15) is 0 Å². The van der Waals surface area contributed by atoms with Crippen LogP contribution in [-0.4, -0.2) is 18.0 Å². The van der Waals surface area contributed by atoms with Crippen LogP contribution >= 0.6 is 0 Å². The van der Waals surface area contributed by atoms with E-state index in [2.05, 4.69) is 15.3 Å². The molecule has 1 aliphatic heterocycles. The van der Waals surface area contributed by atoms with Crippen LogP contribution in [0.5, 0.6) is 0 Å². The lowest BCUT2D eigenvalue weighted by molar-refractivity contribution is -0.130. The van der Waals surface area contributed by atoms with E-state index in [1.165, 1.54) is 0 Å². The zero-order chi connectivity index (χ0) is 7.56. The van der Waals surface area contributed by atoms with Crippen LogP contribution in [0.1, 0.15) is 13.3 Å². The van der Waals surface area contributed by atoms with Crippen molar-refractivity contribution in [3.63, 3.8) is 0 Å². The van der Waals surface area contributed by atoms with Gasteiger partial charge in [0.05, 0.1) is 0 Å². The fourth-order valence-corrected chi connectivity index (χ4v) is 0.947. The van der Waals surface area contributed by atoms with E-state index in [1.807, 2.05) is 6.92 Å². The van der Waals surface area contributed by atoms with Gasteiger partial charge in [0.25, 0.3) is 0 Å². The van der Waals surface area contributed by atoms with E-state index < -0.39 is 6.04 Å². The Balaban J connectivity index is 2.55. The summed E-state index contributed by atoms with van der Waals surface area (Å²) in [5.41, 5.74) is 8.01. The fourth-order valence-electron chi connectivity index (χ4n) is 0.947. The molecule has 0 aromatic heterocycles. The summed E-state index contributed by atoms with van der Waals surface area (Å²) in [4.78, 5) is 13.2. The normalized spacial score (nSPS) is 29.9. The Bertz CT molecular complexity index is 194. The lowest BCUT2D eigenvalue weighted by Gasteiger charge is -2.32. The molecule has 0 aromatic rings. The summed E-state index contributed by atoms with van der Waals surface area (Å²) in [6.45, 7) is 1.93. The molecule has 1 fully saturated rings. The van der Waals surface area contributed by atoms with Gasteiger partial charge in [-0.3, -0.25) is 4.79 Å². The highest BCUT2D eigenvalue weighted by Crippen LogP contribution is 2.13. The molecule has 54 valence electrons. The molecule has 0 saturated carbocycles. The Labute approximate surface area is 58.0 Å². The highest BCUT2D eigenvalue weighted by atomic mass is 16.2. The van der Waals surface area contributed by atoms with Crippen LogP contribution in [0.4, 0.5) is 0 Å². The first-order valence-corrected chi connectivity index (χ1v) is 3.14. The fraction of sp³-hybridized carbons (Fsp3) is 0.800. The maximum absolute atomic E-state index is 10.6. The van der Waals surface area contributed by atoms with E-state index in [9.17, 15) is 4.79 Å². The number of azide groups is 1. The van der Waals surface area contributed by atoms with Crippen molar-refractivity contribution >= 4 is 5.91 Å². The summed E-state index contributed by atoms with van der Waals surface area (Å²) in [6, 6.07) is -0.404. The van der Waals surface area contributed by atoms with Crippen LogP contribution in [-0.2, 0) is 4.79 Å². The smallest absolute Gasteiger partial charge is 0.231 e. The van der Waals surface area contributed by atoms with Crippen LogP contribution in [0.3, 0.4) is 0 Å². The summed E-state index contributed by atoms with van der Waals surface area (Å²) in [5, 5.41) is 5.96. The summed E-state index contributed by atoms with van der Waals surface area (Å²) in [5.74, 6) is -0.162. The number of carbonyl (C=O) groups is 1. The maximum Gasteiger partial charge on any atom is 0.231 e. The number of carbonyl (C=O) groups excluding carboxylic acids is 1. The van der Waals surface area contributed by atoms with E-state index in [-0.39, 0.29) is 11.9 Å². The first kappa shape index (κ1) is 6.89. The molecule has 1 saturated heterocycles. The third-order valence-corrected chi connectivity index (χ3v) is 1.59. The molecule has 2 atom stereocenters. The van der Waals surface area contributed by atoms with E-state index in [0.29, 0.717) is 0 Å². The Morgan fingerprint density at radius 1 is 1.90 bits per heavy atom. The standard InChI is InChI=1S/C5H8N4O/c1-2-3-4(8-9-6)5(10)7-3/h3-4H,2H2,1H3,(H,7,10)/t3-,4-/m0/s1. The number of β-lactam (4-membered cyclic amide) rings is 1. The SMILES string of the molecule is CC[C@@H]1NC(=O)[C@H]1N=[N+]=[N-]. The molecule has 1 N–H and O–H groups in total. The van der Waals surface area contributed by atoms with E-state index in [0.717, 1.165) is 6.42 Å². The molecule has 0 aliphatic carbocycles. The van der Waals surface area contributed by atoms with Gasteiger partial charge in [-0.25, -0.2) is 0 Å². The molecule has 1 heterocycles. The lowest BCUT2D eigenvalue weighted by Crippen LogP contribution is -2.60. The van der Waals surface area contributed by atoms with Gasteiger partial charge in [0, 0.05) is 11.0 Å². The van der Waals surface area contributed by atoms with E-state index >= 15 is 0 Å². The predicted molar refractivity (Wildman–Crippen MR) is 35.2 cm³/mol. The molecule has 10 heavy (non-hydrogen) atoms. The quantitative estimate of drug-likeness (QED) is 0.259. The molecule has 0 unspecified atom stereocenters. The third-order valence-electron chi connectivity index (χ3n) is 1.59. The zero-order valence-corrected chi connectivity index (χ0v) is 5.61. The van der Waals surface area contributed by atoms with E-state index in [1.54, 1.807) is 0 Å². The van der Waals surface area contributed by atoms with Gasteiger partial charge in [0.15, 0.2) is 0 Å². The Morgan fingerprint density at radius 3 is 3.00 bits per heavy atom. The minimum absolute atomic E-state index is 0.0587. The number of nitrogens with zero attached hydrogens (tertiary/aromatic N) is 3. The zero-order valence-electron chi connectivity index (χ0n) is 5.61. The molecular formula is C5H8N4O. The van der Waals surface area contributed by atoms with Crippen LogP contribution in [0, 0.1) is 0 Å². The Morgan fingerprint density at radius 2 is 2.60 bits per heavy atom. The first-order chi connectivity index (χ1) is 4.79. The predicted octanol–water partition coefficient (Wildman–Crippen LogP) is 0.574. The van der Waals surface area contributed by atoms with Gasteiger partial charge < -0.3 is 5.32 Å². The van der Waals surface area contributed by atoms with Crippen molar-refractivity contribution in [1.29, 1.82) is 0 Å². The van der Waals surface area contributed by atoms with Crippen LogP contribution in [0.2, 0.25) is 0 Å². The average molecular weight is 140 g/mol. The van der Waals surface area contributed by atoms with Crippen molar-refractivity contribution in [3.05, 3.63) is 10.4 Å². The molecular weight excluding hydrogens is 132 g/mol. The van der Waals surface area contributed by atoms with Gasteiger partial charge in [-0.1, -0.05) is 12.0 Å². The molecule has 0 radical (unpaired) electrons. The minimum Gasteiger partial charge on any atom is -0.352 e. The molecule has 0 bridgehead atoms. The number of nitrogens with one attached hydrogen (secondary N) is 1. The van der Waals surface area contributed by atoms with Crippen LogP contribution in [0.25, 0.3) is 10.4 Å². The topological polar surface area (TPSA) is 77.9 Å². The second-order valence-electron chi connectivity index (χ2n) is 2.17. The molecule has 5 heteroatoms. The molecule has 1 amide bonds. The minimum atomic E-state index is -0.463. The first-order valence-electron chi connectivity index (χ1n) is 3.14. The summed E-state index contributed by atoms with van der Waals surface area (Å²) >= 11 is 0. The van der Waals surface area contributed by atoms with Crippen LogP contribution in [0.15, 0.2) is 5.11 Å². The van der Waals surface area contributed by atoms with Crippen LogP contribution < -0.4 is 5.32 Å². The Kier molecular flexibility index (Phi) is 1.78. The van der Waals surface area contributed by atoms with E-state index in [4.69, 9.17) is 5.53 Å². The average Bonchev–Trinajstić information content (AvgIpc) is 1.95. The third kappa shape index (κ3) is 0.910. The van der Waals surface area contributed by atoms with Crippen molar-refractivity contribution in [2.45, 2.75) is 25.4 Å². The van der Waals surface area contributed by atoms with Crippen molar-refractivity contribution in [3.8, 4) is 0 Å². The largest absolute Gasteiger partial charge is 0.352 e. The summed E-state index contributed by atoms with van der Waals surface area (Å²) in [6.07, 6.45) is 0.815. The van der Waals surface area contributed by atoms with Gasteiger partial charge in [-0.05, 0) is 12.0 Å². The summed E-state index contributed by atoms with van der Waals surface area (Å²) in [7, 11) is 0. The highest BCUT2D eigenvalue weighted by Gasteiger charge is 2.36. The molecule has 1 rings (SSSR count). The maximum atomic E-state index is 10.6. The number of hydrogen-bond donors (Lipinski definition) is 1. The highest BCUT2D eigenvalue weighted by molar-refractivity contribution is 5.89. The van der Waals surface area contributed by atoms with Gasteiger partial charge in [-0.15, -0.1) is 0 Å². The van der Waals surface area contributed by atoms with Crippen molar-refractivity contribution in [1.82, 2.24) is 5.32 Å². The molecule has 0 aromatic carbocycles. The van der Waals surface area contributed by atoms with Crippen molar-refractivity contribution in [2.75, 3.05) is 0 Å². The number of hydrogen-bond acceptors (Lipinski definition) is 2. The Hall–Kier alpha value is -1.22. The number of rotatable bonds is 2. The lowest BCUT2D eigenvalue weighted by atomic mass is 9.98. The monoisotopic (exact) mass is 140 g/mol. The van der Waals surface area contributed by atoms with Gasteiger partial charge in [0.1, 0.15) is 6.04 Å². The number of amides is 1. The van der Waals surface area contributed by atoms with Gasteiger partial charge in [0.2, 0.25) is 5.91 Å². The van der Waals surface area contributed by atoms with Crippen molar-refractivity contribution in [2.24, 2.45) is 5.11 Å². The van der Waals surface area contributed by atoms with Gasteiger partial charge >= 0.3 is 0 Å². The molecule has 5 nitrogen and oxygen atoms in total. The second-order valence-corrected chi connectivity index (χ2v) is 2.17.